The lowest BCUT2D eigenvalue weighted by atomic mass is 10.0. The smallest absolute Gasteiger partial charge is 0.416 e. The second-order valence-corrected chi connectivity index (χ2v) is 8.02. The Hall–Kier alpha value is -2.80. The van der Waals surface area contributed by atoms with Gasteiger partial charge in [0.2, 0.25) is 0 Å². The van der Waals surface area contributed by atoms with Crippen LogP contribution in [-0.2, 0) is 11.0 Å². The molecule has 0 aliphatic rings. The molecule has 3 aromatic rings. The van der Waals surface area contributed by atoms with Gasteiger partial charge in [0.15, 0.2) is 5.17 Å². The summed E-state index contributed by atoms with van der Waals surface area (Å²) in [6.07, 6.45) is -2.19. The number of halogens is 3. The highest BCUT2D eigenvalue weighted by Crippen LogP contribution is 2.38. The first-order valence-corrected chi connectivity index (χ1v) is 10.9. The molecule has 2 aromatic carbocycles. The van der Waals surface area contributed by atoms with Crippen molar-refractivity contribution >= 4 is 46.0 Å². The first-order valence-electron chi connectivity index (χ1n) is 9.15. The Morgan fingerprint density at radius 1 is 1.24 bits per heavy atom. The average Bonchev–Trinajstić information content (AvgIpc) is 2.81. The van der Waals surface area contributed by atoms with E-state index in [1.54, 1.807) is 30.5 Å². The Kier molecular flexibility index (Phi) is 9.53. The molecule has 1 heterocycles. The maximum absolute atomic E-state index is 12.9. The van der Waals surface area contributed by atoms with Crippen LogP contribution in [0.15, 0.2) is 53.6 Å². The molecule has 7 nitrogen and oxygen atoms in total. The molecular weight excluding hydrogens is 479 g/mol. The van der Waals surface area contributed by atoms with Gasteiger partial charge >= 0.3 is 6.18 Å². The lowest BCUT2D eigenvalue weighted by Gasteiger charge is -2.14. The van der Waals surface area contributed by atoms with Gasteiger partial charge in [-0.15, -0.1) is 0 Å². The number of nitrogens with one attached hydrogen (secondary N) is 1. The first kappa shape index (κ1) is 26.5. The van der Waals surface area contributed by atoms with E-state index in [2.05, 4.69) is 4.98 Å². The summed E-state index contributed by atoms with van der Waals surface area (Å²) in [7, 11) is 2.66. The van der Waals surface area contributed by atoms with Crippen LogP contribution in [-0.4, -0.2) is 51.2 Å². The number of carbonyl (C=O) groups excluding carboxylic acids is 1. The first-order chi connectivity index (χ1) is 15.6. The fourth-order valence-electron chi connectivity index (χ4n) is 2.70. The van der Waals surface area contributed by atoms with Gasteiger partial charge in [-0.3, -0.25) is 15.6 Å². The molecule has 3 N–H and O–H groups in total. The second-order valence-electron chi connectivity index (χ2n) is 6.35. The highest BCUT2D eigenvalue weighted by Gasteiger charge is 2.31. The van der Waals surface area contributed by atoms with E-state index in [1.165, 1.54) is 20.2 Å². The van der Waals surface area contributed by atoms with Crippen molar-refractivity contribution in [3.63, 3.8) is 0 Å². The van der Waals surface area contributed by atoms with Crippen molar-refractivity contribution in [2.75, 3.05) is 19.9 Å². The number of hydrogen-bond donors (Lipinski definition) is 3. The number of hydrogen-bond acceptors (Lipinski definition) is 8. The second kappa shape index (κ2) is 11.9. The molecule has 176 valence electrons. The van der Waals surface area contributed by atoms with Gasteiger partial charge in [-0.05, 0) is 41.8 Å². The normalized spacial score (nSPS) is 10.9. The summed E-state index contributed by atoms with van der Waals surface area (Å²) < 4.78 is 52.9. The number of amidine groups is 1. The molecule has 0 atom stereocenters. The predicted octanol–water partition coefficient (Wildman–Crippen LogP) is 5.67. The van der Waals surface area contributed by atoms with Gasteiger partial charge in [0.1, 0.15) is 12.0 Å². The third-order valence-corrected chi connectivity index (χ3v) is 5.51. The number of alkyl halides is 3. The van der Waals surface area contributed by atoms with Crippen LogP contribution in [0.1, 0.15) is 5.56 Å². The molecule has 0 saturated carbocycles. The fraction of sp³-hybridized carbons (Fsp3) is 0.190. The molecule has 3 rings (SSSR count). The molecule has 33 heavy (non-hydrogen) atoms. The number of nitrogens with zero attached hydrogens (tertiary/aromatic N) is 2. The van der Waals surface area contributed by atoms with Crippen molar-refractivity contribution in [3.05, 3.63) is 54.2 Å². The van der Waals surface area contributed by atoms with E-state index in [9.17, 15) is 18.0 Å². The molecular formula is C21H20F3N3O4S2. The molecule has 0 aliphatic heterocycles. The van der Waals surface area contributed by atoms with E-state index in [-0.39, 0.29) is 16.7 Å². The number of methoxy groups -OCH3 is 1. The molecule has 0 radical (unpaired) electrons. The number of benzene rings is 2. The van der Waals surface area contributed by atoms with Gasteiger partial charge in [0.05, 0.1) is 24.1 Å². The maximum atomic E-state index is 12.9. The Morgan fingerprint density at radius 2 is 1.97 bits per heavy atom. The fourth-order valence-corrected chi connectivity index (χ4v) is 3.42. The van der Waals surface area contributed by atoms with E-state index >= 15 is 0 Å². The summed E-state index contributed by atoms with van der Waals surface area (Å²) in [5.74, 6) is 0.314. The third kappa shape index (κ3) is 7.09. The largest absolute Gasteiger partial charge is 0.496 e. The van der Waals surface area contributed by atoms with E-state index < -0.39 is 11.7 Å². The standard InChI is InChI=1S/C17H12F3NO2S.C4H8N2O2S/c1-23-15-9-11(17(18,19)20)2-4-14(15)16-13-5-3-12(24-22)8-10(13)6-7-21-16;1-6(8)4(5)9-3-2-7/h2-9,22H,1H3;2,5,8H,3H2,1H3. The summed E-state index contributed by atoms with van der Waals surface area (Å²) in [5, 5.41) is 17.7. The Bertz CT molecular complexity index is 1130. The Morgan fingerprint density at radius 3 is 2.55 bits per heavy atom. The van der Waals surface area contributed by atoms with Crippen LogP contribution in [0.25, 0.3) is 22.0 Å². The molecule has 1 aromatic heterocycles. The van der Waals surface area contributed by atoms with E-state index in [4.69, 9.17) is 19.9 Å². The zero-order chi connectivity index (χ0) is 24.6. The van der Waals surface area contributed by atoms with E-state index in [0.29, 0.717) is 39.5 Å². The lowest BCUT2D eigenvalue weighted by Crippen LogP contribution is -2.18. The zero-order valence-electron chi connectivity index (χ0n) is 17.5. The minimum absolute atomic E-state index is 0.0258. The van der Waals surface area contributed by atoms with Crippen molar-refractivity contribution in [2.45, 2.75) is 11.1 Å². The van der Waals surface area contributed by atoms with Crippen LogP contribution in [0.3, 0.4) is 0 Å². The molecule has 0 amide bonds. The Labute approximate surface area is 196 Å². The number of rotatable bonds is 5. The number of fused-ring (bicyclic) bond motifs is 1. The van der Waals surface area contributed by atoms with E-state index in [1.807, 2.05) is 0 Å². The number of carbonyl (C=O) groups is 1. The topological polar surface area (TPSA) is 107 Å². The monoisotopic (exact) mass is 499 g/mol. The van der Waals surface area contributed by atoms with Crippen LogP contribution in [0.5, 0.6) is 5.75 Å². The summed E-state index contributed by atoms with van der Waals surface area (Å²) in [4.78, 5) is 14.7. The van der Waals surface area contributed by atoms with Crippen LogP contribution in [0.2, 0.25) is 0 Å². The summed E-state index contributed by atoms with van der Waals surface area (Å²) in [6, 6.07) is 10.4. The van der Waals surface area contributed by atoms with Gasteiger partial charge < -0.3 is 14.1 Å². The predicted molar refractivity (Wildman–Crippen MR) is 123 cm³/mol. The highest BCUT2D eigenvalue weighted by atomic mass is 32.2. The van der Waals surface area contributed by atoms with Crippen LogP contribution in [0.4, 0.5) is 13.2 Å². The molecule has 0 unspecified atom stereocenters. The Balaban J connectivity index is 0.000000365. The third-order valence-electron chi connectivity index (χ3n) is 4.21. The lowest BCUT2D eigenvalue weighted by molar-refractivity contribution is -0.137. The van der Waals surface area contributed by atoms with Crippen LogP contribution >= 0.6 is 23.8 Å². The molecule has 0 saturated heterocycles. The quantitative estimate of drug-likeness (QED) is 0.136. The molecule has 12 heteroatoms. The minimum atomic E-state index is -4.44. The molecule has 0 spiro atoms. The van der Waals surface area contributed by atoms with Gasteiger partial charge in [-0.2, -0.15) is 13.2 Å². The van der Waals surface area contributed by atoms with Crippen LogP contribution < -0.4 is 4.74 Å². The number of ether oxygens (including phenoxy) is 1. The average molecular weight is 500 g/mol. The molecule has 0 fully saturated rings. The number of pyridine rings is 1. The summed E-state index contributed by atoms with van der Waals surface area (Å²) in [5.41, 5.74) is 0.218. The van der Waals surface area contributed by atoms with Crippen molar-refractivity contribution < 1.29 is 32.5 Å². The van der Waals surface area contributed by atoms with Crippen molar-refractivity contribution in [1.29, 1.82) is 5.41 Å². The summed E-state index contributed by atoms with van der Waals surface area (Å²) in [6.45, 7) is 0. The number of aldehydes is 1. The van der Waals surface area contributed by atoms with Crippen LogP contribution in [0, 0.1) is 5.41 Å². The number of thioether (sulfide) groups is 1. The van der Waals surface area contributed by atoms with Gasteiger partial charge in [-0.25, -0.2) is 5.06 Å². The highest BCUT2D eigenvalue weighted by molar-refractivity contribution is 8.14. The van der Waals surface area contributed by atoms with Crippen molar-refractivity contribution in [2.24, 2.45) is 0 Å². The van der Waals surface area contributed by atoms with Crippen molar-refractivity contribution in [3.8, 4) is 17.0 Å². The SMILES string of the molecule is CN(O)C(=N)SCC=O.COc1cc(C(F)(F)F)ccc1-c1nccc2cc(SO)ccc12. The molecule has 0 aliphatic carbocycles. The van der Waals surface area contributed by atoms with Crippen molar-refractivity contribution in [1.82, 2.24) is 10.0 Å². The van der Waals surface area contributed by atoms with Gasteiger partial charge in [0, 0.05) is 41.1 Å². The van der Waals surface area contributed by atoms with Gasteiger partial charge in [0.25, 0.3) is 0 Å². The molecule has 0 bridgehead atoms. The zero-order valence-corrected chi connectivity index (χ0v) is 19.1. The number of hydroxylamine groups is 2. The summed E-state index contributed by atoms with van der Waals surface area (Å²) >= 11 is 1.60. The van der Waals surface area contributed by atoms with E-state index in [0.717, 1.165) is 34.7 Å². The minimum Gasteiger partial charge on any atom is -0.496 e. The number of aromatic nitrogens is 1. The van der Waals surface area contributed by atoms with Gasteiger partial charge in [-0.1, -0.05) is 17.8 Å². The maximum Gasteiger partial charge on any atom is 0.416 e.